The number of hydrogen-bond acceptors (Lipinski definition) is 16. The SMILES string of the molecule is COc1ccc(CO[C@@H]2[C@@H](OC[C@H](CO[Si](c3ccccc3)(c3ccccc3)C(C)(C)C)OS(C)(=O)=O)[C@H](OCc3ccccc3)[C@@H](OCc3ccccc3)[C@H](OCc3ccccc3)[C@@H]2O[C@H]2O[C@H](COCc3ccccc3)[C@@H](OCc3ccccc3)[C@H](OCc3ccccc3)[C@@H]2OCc2ccccc2)cc1. The Morgan fingerprint density at radius 1 is 0.355 bits per heavy atom. The van der Waals surface area contributed by atoms with Crippen LogP contribution in [0, 0.1) is 0 Å². The zero-order valence-corrected chi connectivity index (χ0v) is 63.3. The molecule has 12 rings (SSSR count). The maximum Gasteiger partial charge on any atom is 0.264 e. The summed E-state index contributed by atoms with van der Waals surface area (Å²) in [4.78, 5) is 0. The molecule has 0 unspecified atom stereocenters. The molecule has 0 radical (unpaired) electrons. The zero-order chi connectivity index (χ0) is 74.1. The highest BCUT2D eigenvalue weighted by molar-refractivity contribution is 7.86. The van der Waals surface area contributed by atoms with Crippen molar-refractivity contribution in [1.29, 1.82) is 0 Å². The van der Waals surface area contributed by atoms with Gasteiger partial charge in [-0.1, -0.05) is 306 Å². The van der Waals surface area contributed by atoms with Crippen LogP contribution in [0.5, 0.6) is 5.75 Å². The van der Waals surface area contributed by atoms with E-state index in [1.54, 1.807) is 7.11 Å². The second-order valence-electron chi connectivity index (χ2n) is 28.0. The molecule has 1 heterocycles. The molecule has 0 spiro atoms. The molecule has 10 aromatic rings. The third-order valence-electron chi connectivity index (χ3n) is 19.2. The fraction of sp³-hybridized carbons (Fsp3) is 0.326. The number of methoxy groups -OCH3 is 1. The van der Waals surface area contributed by atoms with Crippen LogP contribution in [0.15, 0.2) is 297 Å². The molecule has 0 N–H and O–H groups in total. The first-order valence-corrected chi connectivity index (χ1v) is 40.3. The van der Waals surface area contributed by atoms with Gasteiger partial charge in [0.2, 0.25) is 0 Å². The van der Waals surface area contributed by atoms with E-state index in [1.807, 2.05) is 273 Å². The van der Waals surface area contributed by atoms with Crippen LogP contribution < -0.4 is 15.1 Å². The summed E-state index contributed by atoms with van der Waals surface area (Å²) in [6, 6.07) is 97.5. The fourth-order valence-electron chi connectivity index (χ4n) is 14.0. The monoisotopic (exact) mass is 1480 g/mol. The Morgan fingerprint density at radius 2 is 0.654 bits per heavy atom. The van der Waals surface area contributed by atoms with Crippen LogP contribution in [-0.4, -0.2) is 123 Å². The molecule has 1 saturated carbocycles. The standard InChI is InChI=1S/C89H98O16SSi/c1-89(2,3)107(76-47-29-13-30-48-76,77-49-31-14-32-50-77)102-64-75(105-106(5,90)91)63-101-83-81(96-58-69-39-21-9-22-40-69)82(97-59-70-41-23-10-24-42-70)84(98-60-71-43-25-11-26-44-71)86(85(83)99-62-73-51-53-74(92-4)54-52-73)104-88-87(100-61-72-45-27-12-28-46-72)80(95-57-68-37-19-8-20-38-68)79(94-56-67-35-17-7-18-36-67)78(103-88)65-93-55-66-33-15-6-16-34-66/h6-54,75,78-88H,55-65H2,1-5H3/t75-,78-,79-,80+,81-,82-,83+,84+,85-,86+,87+,88-/m1/s1. The first-order chi connectivity index (χ1) is 52.3. The number of rotatable bonds is 38. The van der Waals surface area contributed by atoms with Gasteiger partial charge in [0.25, 0.3) is 18.4 Å². The van der Waals surface area contributed by atoms with Gasteiger partial charge in [0, 0.05) is 0 Å². The summed E-state index contributed by atoms with van der Waals surface area (Å²) in [5, 5.41) is 1.49. The molecule has 2 fully saturated rings. The Kier molecular flexibility index (Phi) is 28.6. The Morgan fingerprint density at radius 3 is 1.00 bits per heavy atom. The molecule has 0 amide bonds. The average Bonchev–Trinajstić information content (AvgIpc) is 0.757. The minimum Gasteiger partial charge on any atom is -0.497 e. The van der Waals surface area contributed by atoms with E-state index in [0.717, 1.165) is 61.1 Å². The quantitative estimate of drug-likeness (QED) is 0.0265. The van der Waals surface area contributed by atoms with Crippen molar-refractivity contribution < 1.29 is 73.9 Å². The molecule has 2 aliphatic rings. The van der Waals surface area contributed by atoms with Crippen molar-refractivity contribution in [2.75, 3.05) is 33.2 Å². The van der Waals surface area contributed by atoms with Crippen LogP contribution >= 0.6 is 0 Å². The Bertz CT molecular complexity index is 4240. The predicted molar refractivity (Wildman–Crippen MR) is 414 cm³/mol. The topological polar surface area (TPSA) is 163 Å². The summed E-state index contributed by atoms with van der Waals surface area (Å²) in [5.41, 5.74) is 7.09. The van der Waals surface area contributed by atoms with E-state index in [0.29, 0.717) is 5.75 Å². The molecule has 18 heteroatoms. The van der Waals surface area contributed by atoms with Gasteiger partial charge in [-0.15, -0.1) is 0 Å². The zero-order valence-electron chi connectivity index (χ0n) is 61.4. The van der Waals surface area contributed by atoms with E-state index in [9.17, 15) is 8.42 Å². The van der Waals surface area contributed by atoms with Crippen LogP contribution in [-0.2, 0) is 124 Å². The van der Waals surface area contributed by atoms with Crippen LogP contribution in [0.3, 0.4) is 0 Å². The van der Waals surface area contributed by atoms with Gasteiger partial charge in [0.05, 0.1) is 86.0 Å². The van der Waals surface area contributed by atoms with E-state index in [2.05, 4.69) is 45.0 Å². The van der Waals surface area contributed by atoms with E-state index in [-0.39, 0.29) is 72.7 Å². The molecular weight excluding hydrogens is 1390 g/mol. The first kappa shape index (κ1) is 78.2. The third-order valence-corrected chi connectivity index (χ3v) is 24.8. The van der Waals surface area contributed by atoms with Gasteiger partial charge in [-0.05, 0) is 72.1 Å². The summed E-state index contributed by atoms with van der Waals surface area (Å²) < 4.78 is 129. The molecule has 0 bridgehead atoms. The second kappa shape index (κ2) is 39.1. The van der Waals surface area contributed by atoms with Gasteiger partial charge in [-0.2, -0.15) is 8.42 Å². The summed E-state index contributed by atoms with van der Waals surface area (Å²) >= 11 is 0. The third kappa shape index (κ3) is 22.0. The number of benzene rings is 10. The van der Waals surface area contributed by atoms with Crippen molar-refractivity contribution in [3.8, 4) is 5.75 Å². The summed E-state index contributed by atoms with van der Waals surface area (Å²) in [7, 11) is -5.95. The van der Waals surface area contributed by atoms with Gasteiger partial charge >= 0.3 is 0 Å². The lowest BCUT2D eigenvalue weighted by atomic mass is 9.83. The molecule has 12 atom stereocenters. The lowest BCUT2D eigenvalue weighted by Crippen LogP contribution is -2.70. The Hall–Kier alpha value is -8.35. The molecule has 107 heavy (non-hydrogen) atoms. The maximum atomic E-state index is 14.0. The predicted octanol–water partition coefficient (Wildman–Crippen LogP) is 14.7. The molecule has 1 saturated heterocycles. The molecule has 0 aromatic heterocycles. The Balaban J connectivity index is 1.03. The highest BCUT2D eigenvalue weighted by atomic mass is 32.2. The molecule has 10 aromatic carbocycles. The summed E-state index contributed by atoms with van der Waals surface area (Å²) in [5.74, 6) is 0.654. The first-order valence-electron chi connectivity index (χ1n) is 36.6. The van der Waals surface area contributed by atoms with Gasteiger partial charge < -0.3 is 61.3 Å². The molecule has 1 aliphatic carbocycles. The highest BCUT2D eigenvalue weighted by Crippen LogP contribution is 2.41. The average molecular weight is 1480 g/mol. The second-order valence-corrected chi connectivity index (χ2v) is 33.9. The fourth-order valence-corrected chi connectivity index (χ4v) is 19.2. The van der Waals surface area contributed by atoms with Crippen molar-refractivity contribution in [3.63, 3.8) is 0 Å². The number of ether oxygens (including phenoxy) is 12. The number of hydrogen-bond donors (Lipinski definition) is 0. The summed E-state index contributed by atoms with van der Waals surface area (Å²) in [6.07, 6.45) is -12.1. The smallest absolute Gasteiger partial charge is 0.264 e. The van der Waals surface area contributed by atoms with Crippen molar-refractivity contribution >= 4 is 28.8 Å². The largest absolute Gasteiger partial charge is 0.497 e. The minimum atomic E-state index is -4.22. The van der Waals surface area contributed by atoms with E-state index in [1.165, 1.54) is 0 Å². The van der Waals surface area contributed by atoms with Gasteiger partial charge in [0.1, 0.15) is 72.9 Å². The highest BCUT2D eigenvalue weighted by Gasteiger charge is 2.59. The van der Waals surface area contributed by atoms with Crippen molar-refractivity contribution in [2.24, 2.45) is 0 Å². The van der Waals surface area contributed by atoms with Crippen molar-refractivity contribution in [1.82, 2.24) is 0 Å². The molecule has 16 nitrogen and oxygen atoms in total. The summed E-state index contributed by atoms with van der Waals surface area (Å²) in [6.45, 7) is 6.92. The van der Waals surface area contributed by atoms with Crippen molar-refractivity contribution in [2.45, 2.75) is 152 Å². The maximum absolute atomic E-state index is 14.0. The molecule has 1 aliphatic heterocycles. The van der Waals surface area contributed by atoms with Crippen LogP contribution in [0.1, 0.15) is 65.3 Å². The van der Waals surface area contributed by atoms with Crippen LogP contribution in [0.2, 0.25) is 5.04 Å². The van der Waals surface area contributed by atoms with Gasteiger partial charge in [0.15, 0.2) is 6.29 Å². The normalized spacial score (nSPS) is 21.5. The van der Waals surface area contributed by atoms with E-state index >= 15 is 0 Å². The van der Waals surface area contributed by atoms with Crippen LogP contribution in [0.4, 0.5) is 0 Å². The minimum absolute atomic E-state index is 0.00537. The van der Waals surface area contributed by atoms with Gasteiger partial charge in [-0.25, -0.2) is 0 Å². The van der Waals surface area contributed by atoms with E-state index < -0.39 is 96.9 Å². The van der Waals surface area contributed by atoms with Crippen molar-refractivity contribution in [3.05, 3.63) is 342 Å². The lowest BCUT2D eigenvalue weighted by molar-refractivity contribution is -0.366. The van der Waals surface area contributed by atoms with Gasteiger partial charge in [-0.3, -0.25) is 4.18 Å². The lowest BCUT2D eigenvalue weighted by Gasteiger charge is -2.52. The molecule has 560 valence electrons. The molecular formula is C89H98O16SSi. The van der Waals surface area contributed by atoms with Crippen LogP contribution in [0.25, 0.3) is 0 Å². The Labute approximate surface area is 631 Å². The van der Waals surface area contributed by atoms with E-state index in [4.69, 9.17) is 65.5 Å².